The van der Waals surface area contributed by atoms with Crippen molar-refractivity contribution in [3.05, 3.63) is 54.6 Å². The number of ether oxygens (including phenoxy) is 2. The molecule has 0 bridgehead atoms. The Labute approximate surface area is 139 Å². The first-order valence-electron chi connectivity index (χ1n) is 7.56. The first kappa shape index (κ1) is 17.4. The molecule has 0 N–H and O–H groups in total. The summed E-state index contributed by atoms with van der Waals surface area (Å²) in [6.07, 6.45) is -0.0226. The molecule has 0 radical (unpaired) electrons. The van der Waals surface area contributed by atoms with Gasteiger partial charge >= 0.3 is 11.9 Å². The van der Waals surface area contributed by atoms with E-state index in [-0.39, 0.29) is 30.8 Å². The highest BCUT2D eigenvalue weighted by Crippen LogP contribution is 2.25. The van der Waals surface area contributed by atoms with Crippen LogP contribution < -0.4 is 4.74 Å². The Hall–Kier alpha value is -2.95. The SMILES string of the molecule is C=C(CC(=O)Oc1cccc2ccccc12)C(=O)OCC(=O)CC. The molecule has 0 unspecified atom stereocenters. The molecule has 0 aliphatic carbocycles. The van der Waals surface area contributed by atoms with Gasteiger partial charge in [-0.2, -0.15) is 0 Å². The zero-order chi connectivity index (χ0) is 17.5. The lowest BCUT2D eigenvalue weighted by Gasteiger charge is -2.09. The van der Waals surface area contributed by atoms with Crippen LogP contribution in [0.15, 0.2) is 54.6 Å². The van der Waals surface area contributed by atoms with Crippen LogP contribution in [0.1, 0.15) is 19.8 Å². The quantitative estimate of drug-likeness (QED) is 0.444. The number of carbonyl (C=O) groups excluding carboxylic acids is 3. The standard InChI is InChI=1S/C19H18O5/c1-3-15(20)12-23-19(22)13(2)11-18(21)24-17-10-6-8-14-7-4-5-9-16(14)17/h4-10H,2-3,11-12H2,1H3. The summed E-state index contributed by atoms with van der Waals surface area (Å²) in [7, 11) is 0. The van der Waals surface area contributed by atoms with E-state index in [1.807, 2.05) is 30.3 Å². The van der Waals surface area contributed by atoms with Gasteiger partial charge in [-0.1, -0.05) is 49.9 Å². The molecular formula is C19H18O5. The highest BCUT2D eigenvalue weighted by atomic mass is 16.5. The Morgan fingerprint density at radius 2 is 1.75 bits per heavy atom. The van der Waals surface area contributed by atoms with Crippen molar-refractivity contribution in [2.45, 2.75) is 19.8 Å². The van der Waals surface area contributed by atoms with Crippen molar-refractivity contribution < 1.29 is 23.9 Å². The summed E-state index contributed by atoms with van der Waals surface area (Å²) in [5, 5.41) is 1.74. The van der Waals surface area contributed by atoms with Gasteiger partial charge in [0.25, 0.3) is 0 Å². The second-order valence-electron chi connectivity index (χ2n) is 5.20. The van der Waals surface area contributed by atoms with Crippen LogP contribution in [0.5, 0.6) is 5.75 Å². The van der Waals surface area contributed by atoms with Gasteiger partial charge < -0.3 is 9.47 Å². The van der Waals surface area contributed by atoms with E-state index in [4.69, 9.17) is 9.47 Å². The first-order valence-corrected chi connectivity index (χ1v) is 7.56. The van der Waals surface area contributed by atoms with Crippen LogP contribution in [-0.4, -0.2) is 24.3 Å². The molecule has 5 nitrogen and oxygen atoms in total. The molecule has 0 aliphatic rings. The smallest absolute Gasteiger partial charge is 0.334 e. The molecule has 0 atom stereocenters. The van der Waals surface area contributed by atoms with Gasteiger partial charge in [0.05, 0.1) is 6.42 Å². The lowest BCUT2D eigenvalue weighted by Crippen LogP contribution is -2.17. The van der Waals surface area contributed by atoms with Gasteiger partial charge in [-0.3, -0.25) is 9.59 Å². The Morgan fingerprint density at radius 3 is 2.50 bits per heavy atom. The summed E-state index contributed by atoms with van der Waals surface area (Å²) in [5.41, 5.74) is -0.0517. The van der Waals surface area contributed by atoms with E-state index in [1.165, 1.54) is 0 Å². The molecule has 2 rings (SSSR count). The van der Waals surface area contributed by atoms with Gasteiger partial charge in [0.1, 0.15) is 12.4 Å². The van der Waals surface area contributed by atoms with Crippen LogP contribution in [0.25, 0.3) is 10.8 Å². The zero-order valence-corrected chi connectivity index (χ0v) is 13.4. The second kappa shape index (κ2) is 8.06. The Bertz CT molecular complexity index is 786. The van der Waals surface area contributed by atoms with E-state index in [0.717, 1.165) is 10.8 Å². The fourth-order valence-corrected chi connectivity index (χ4v) is 2.04. The summed E-state index contributed by atoms with van der Waals surface area (Å²) in [6.45, 7) is 4.88. The molecule has 2 aromatic carbocycles. The average molecular weight is 326 g/mol. The maximum absolute atomic E-state index is 12.0. The second-order valence-corrected chi connectivity index (χ2v) is 5.20. The topological polar surface area (TPSA) is 69.7 Å². The van der Waals surface area contributed by atoms with E-state index in [0.29, 0.717) is 5.75 Å². The van der Waals surface area contributed by atoms with Crippen molar-refractivity contribution in [1.29, 1.82) is 0 Å². The fraction of sp³-hybridized carbons (Fsp3) is 0.211. The molecule has 0 saturated heterocycles. The van der Waals surface area contributed by atoms with E-state index >= 15 is 0 Å². The molecule has 0 fully saturated rings. The van der Waals surface area contributed by atoms with Crippen LogP contribution in [-0.2, 0) is 19.1 Å². The van der Waals surface area contributed by atoms with Crippen molar-refractivity contribution in [1.82, 2.24) is 0 Å². The molecular weight excluding hydrogens is 308 g/mol. The van der Waals surface area contributed by atoms with Crippen molar-refractivity contribution in [2.75, 3.05) is 6.61 Å². The van der Waals surface area contributed by atoms with Gasteiger partial charge in [-0.25, -0.2) is 4.79 Å². The van der Waals surface area contributed by atoms with Crippen LogP contribution >= 0.6 is 0 Å². The Kier molecular flexibility index (Phi) is 5.84. The third kappa shape index (κ3) is 4.52. The molecule has 0 spiro atoms. The number of hydrogen-bond acceptors (Lipinski definition) is 5. The number of carbonyl (C=O) groups is 3. The maximum atomic E-state index is 12.0. The Morgan fingerprint density at radius 1 is 1.04 bits per heavy atom. The van der Waals surface area contributed by atoms with Crippen LogP contribution in [0, 0.1) is 0 Å². The summed E-state index contributed by atoms with van der Waals surface area (Å²) in [5.74, 6) is -1.17. The summed E-state index contributed by atoms with van der Waals surface area (Å²) in [4.78, 5) is 34.8. The summed E-state index contributed by atoms with van der Waals surface area (Å²) >= 11 is 0. The lowest BCUT2D eigenvalue weighted by molar-refractivity contribution is -0.145. The van der Waals surface area contributed by atoms with Crippen molar-refractivity contribution >= 4 is 28.5 Å². The van der Waals surface area contributed by atoms with E-state index in [2.05, 4.69) is 6.58 Å². The lowest BCUT2D eigenvalue weighted by atomic mass is 10.1. The number of ketones is 1. The minimum absolute atomic E-state index is 0.0517. The van der Waals surface area contributed by atoms with Gasteiger partial charge in [-0.05, 0) is 11.5 Å². The first-order chi connectivity index (χ1) is 11.5. The molecule has 0 aromatic heterocycles. The molecule has 0 saturated carbocycles. The van der Waals surface area contributed by atoms with Gasteiger partial charge in [0.15, 0.2) is 5.78 Å². The van der Waals surface area contributed by atoms with Crippen molar-refractivity contribution in [2.24, 2.45) is 0 Å². The largest absolute Gasteiger partial charge is 0.454 e. The Balaban J connectivity index is 1.96. The minimum Gasteiger partial charge on any atom is -0.454 e. The molecule has 24 heavy (non-hydrogen) atoms. The monoisotopic (exact) mass is 326 g/mol. The summed E-state index contributed by atoms with van der Waals surface area (Å²) in [6, 6.07) is 12.9. The highest BCUT2D eigenvalue weighted by molar-refractivity contribution is 5.96. The van der Waals surface area contributed by atoms with Gasteiger partial charge in [0, 0.05) is 17.4 Å². The number of Topliss-reactive ketones (excluding diaryl/α,β-unsaturated/α-hetero) is 1. The van der Waals surface area contributed by atoms with E-state index < -0.39 is 11.9 Å². The van der Waals surface area contributed by atoms with E-state index in [9.17, 15) is 14.4 Å². The number of benzene rings is 2. The minimum atomic E-state index is -0.772. The van der Waals surface area contributed by atoms with Crippen molar-refractivity contribution in [3.8, 4) is 5.75 Å². The predicted octanol–water partition coefficient (Wildman–Crippen LogP) is 3.21. The average Bonchev–Trinajstić information content (AvgIpc) is 2.59. The fourth-order valence-electron chi connectivity index (χ4n) is 2.04. The number of fused-ring (bicyclic) bond motifs is 1. The molecule has 0 heterocycles. The molecule has 0 amide bonds. The molecule has 5 heteroatoms. The van der Waals surface area contributed by atoms with Gasteiger partial charge in [0.2, 0.25) is 0 Å². The highest BCUT2D eigenvalue weighted by Gasteiger charge is 2.16. The van der Waals surface area contributed by atoms with Gasteiger partial charge in [-0.15, -0.1) is 0 Å². The molecule has 2 aromatic rings. The van der Waals surface area contributed by atoms with Crippen molar-refractivity contribution in [3.63, 3.8) is 0 Å². The normalized spacial score (nSPS) is 10.2. The predicted molar refractivity (Wildman–Crippen MR) is 89.6 cm³/mol. The maximum Gasteiger partial charge on any atom is 0.334 e. The van der Waals surface area contributed by atoms with E-state index in [1.54, 1.807) is 19.1 Å². The van der Waals surface area contributed by atoms with Crippen LogP contribution in [0.4, 0.5) is 0 Å². The summed E-state index contributed by atoms with van der Waals surface area (Å²) < 4.78 is 10.1. The third-order valence-electron chi connectivity index (χ3n) is 3.38. The van der Waals surface area contributed by atoms with Crippen LogP contribution in [0.3, 0.4) is 0 Å². The number of esters is 2. The molecule has 124 valence electrons. The number of hydrogen-bond donors (Lipinski definition) is 0. The zero-order valence-electron chi connectivity index (χ0n) is 13.4. The number of rotatable bonds is 7. The molecule has 0 aliphatic heterocycles. The van der Waals surface area contributed by atoms with Crippen LogP contribution in [0.2, 0.25) is 0 Å². The third-order valence-corrected chi connectivity index (χ3v) is 3.38.